The molecule has 0 fully saturated rings. The van der Waals surface area contributed by atoms with E-state index in [0.717, 1.165) is 10.9 Å². The van der Waals surface area contributed by atoms with Crippen LogP contribution in [0.4, 0.5) is 0 Å². The van der Waals surface area contributed by atoms with Crippen molar-refractivity contribution in [1.82, 2.24) is 5.32 Å². The standard InChI is InChI=1S/C15H19NO3/c1-9(8-10(2)17)16-15(18)14-11(3)12-6-4-5-7-13(12)19-14/h4-7,9-10,17H,8H2,1-3H3,(H,16,18). The summed E-state index contributed by atoms with van der Waals surface area (Å²) in [5, 5.41) is 13.1. The number of aliphatic hydroxyl groups is 1. The smallest absolute Gasteiger partial charge is 0.287 e. The number of amides is 1. The summed E-state index contributed by atoms with van der Waals surface area (Å²) in [6.07, 6.45) is 0.0810. The second-order valence-corrected chi connectivity index (χ2v) is 5.01. The lowest BCUT2D eigenvalue weighted by Gasteiger charge is -2.14. The maximum absolute atomic E-state index is 12.1. The molecular weight excluding hydrogens is 242 g/mol. The Kier molecular flexibility index (Phi) is 3.90. The van der Waals surface area contributed by atoms with Gasteiger partial charge in [-0.1, -0.05) is 18.2 Å². The van der Waals surface area contributed by atoms with Crippen LogP contribution in [-0.4, -0.2) is 23.2 Å². The third-order valence-corrected chi connectivity index (χ3v) is 3.12. The van der Waals surface area contributed by atoms with Crippen LogP contribution in [0.2, 0.25) is 0 Å². The maximum atomic E-state index is 12.1. The predicted octanol–water partition coefficient (Wildman–Crippen LogP) is 2.63. The lowest BCUT2D eigenvalue weighted by Crippen LogP contribution is -2.34. The first kappa shape index (κ1) is 13.6. The number of hydrogen-bond acceptors (Lipinski definition) is 3. The second-order valence-electron chi connectivity index (χ2n) is 5.01. The van der Waals surface area contributed by atoms with Crippen LogP contribution in [0.5, 0.6) is 0 Å². The molecule has 2 atom stereocenters. The van der Waals surface area contributed by atoms with Gasteiger partial charge in [-0.25, -0.2) is 0 Å². The number of rotatable bonds is 4. The van der Waals surface area contributed by atoms with Crippen LogP contribution >= 0.6 is 0 Å². The third-order valence-electron chi connectivity index (χ3n) is 3.12. The van der Waals surface area contributed by atoms with E-state index in [9.17, 15) is 9.90 Å². The SMILES string of the molecule is Cc1c(C(=O)NC(C)CC(C)O)oc2ccccc12. The molecule has 0 aliphatic carbocycles. The van der Waals surface area contributed by atoms with E-state index in [1.54, 1.807) is 6.92 Å². The molecule has 0 bridgehead atoms. The van der Waals surface area contributed by atoms with Crippen LogP contribution in [0.3, 0.4) is 0 Å². The molecule has 1 heterocycles. The summed E-state index contributed by atoms with van der Waals surface area (Å²) >= 11 is 0. The number of fused-ring (bicyclic) bond motifs is 1. The average Bonchev–Trinajstić information content (AvgIpc) is 2.66. The van der Waals surface area contributed by atoms with E-state index in [4.69, 9.17) is 4.42 Å². The first-order valence-corrected chi connectivity index (χ1v) is 6.46. The molecular formula is C15H19NO3. The Morgan fingerprint density at radius 3 is 2.68 bits per heavy atom. The molecule has 0 aliphatic heterocycles. The molecule has 1 amide bonds. The van der Waals surface area contributed by atoms with Crippen molar-refractivity contribution in [2.45, 2.75) is 39.3 Å². The van der Waals surface area contributed by atoms with Gasteiger partial charge in [0.2, 0.25) is 0 Å². The molecule has 0 spiro atoms. The zero-order valence-corrected chi connectivity index (χ0v) is 11.4. The van der Waals surface area contributed by atoms with Gasteiger partial charge in [-0.3, -0.25) is 4.79 Å². The minimum Gasteiger partial charge on any atom is -0.451 e. The molecule has 1 aromatic carbocycles. The highest BCUT2D eigenvalue weighted by Gasteiger charge is 2.19. The van der Waals surface area contributed by atoms with Crippen LogP contribution in [0.15, 0.2) is 28.7 Å². The number of carbonyl (C=O) groups is 1. The van der Waals surface area contributed by atoms with E-state index in [1.807, 2.05) is 38.1 Å². The molecule has 0 aliphatic rings. The molecule has 0 radical (unpaired) electrons. The van der Waals surface area contributed by atoms with Crippen molar-refractivity contribution < 1.29 is 14.3 Å². The minimum atomic E-state index is -0.438. The predicted molar refractivity (Wildman–Crippen MR) is 74.2 cm³/mol. The van der Waals surface area contributed by atoms with Gasteiger partial charge in [-0.05, 0) is 33.3 Å². The monoisotopic (exact) mass is 261 g/mol. The Morgan fingerprint density at radius 2 is 2.05 bits per heavy atom. The highest BCUT2D eigenvalue weighted by atomic mass is 16.3. The number of benzene rings is 1. The van der Waals surface area contributed by atoms with Gasteiger partial charge in [-0.15, -0.1) is 0 Å². The Morgan fingerprint density at radius 1 is 1.37 bits per heavy atom. The van der Waals surface area contributed by atoms with Crippen LogP contribution < -0.4 is 5.32 Å². The molecule has 4 heteroatoms. The van der Waals surface area contributed by atoms with Crippen molar-refractivity contribution in [2.75, 3.05) is 0 Å². The molecule has 102 valence electrons. The highest BCUT2D eigenvalue weighted by Crippen LogP contribution is 2.24. The van der Waals surface area contributed by atoms with Gasteiger partial charge in [0, 0.05) is 17.0 Å². The number of carbonyl (C=O) groups excluding carboxylic acids is 1. The van der Waals surface area contributed by atoms with E-state index < -0.39 is 6.10 Å². The van der Waals surface area contributed by atoms with Gasteiger partial charge in [-0.2, -0.15) is 0 Å². The topological polar surface area (TPSA) is 62.5 Å². The fourth-order valence-electron chi connectivity index (χ4n) is 2.25. The van der Waals surface area contributed by atoms with Crippen molar-refractivity contribution in [1.29, 1.82) is 0 Å². The van der Waals surface area contributed by atoms with E-state index in [1.165, 1.54) is 0 Å². The number of aryl methyl sites for hydroxylation is 1. The largest absolute Gasteiger partial charge is 0.451 e. The van der Waals surface area contributed by atoms with E-state index >= 15 is 0 Å². The molecule has 2 aromatic rings. The summed E-state index contributed by atoms with van der Waals surface area (Å²) in [4.78, 5) is 12.1. The molecule has 19 heavy (non-hydrogen) atoms. The average molecular weight is 261 g/mol. The Hall–Kier alpha value is -1.81. The van der Waals surface area contributed by atoms with Crippen LogP contribution in [0.25, 0.3) is 11.0 Å². The van der Waals surface area contributed by atoms with Crippen molar-refractivity contribution in [3.05, 3.63) is 35.6 Å². The first-order valence-electron chi connectivity index (χ1n) is 6.46. The Bertz CT molecular complexity index is 586. The van der Waals surface area contributed by atoms with E-state index in [2.05, 4.69) is 5.32 Å². The Balaban J connectivity index is 2.20. The quantitative estimate of drug-likeness (QED) is 0.889. The molecule has 0 saturated carbocycles. The lowest BCUT2D eigenvalue weighted by molar-refractivity contribution is 0.0896. The van der Waals surface area contributed by atoms with Crippen molar-refractivity contribution in [2.24, 2.45) is 0 Å². The van der Waals surface area contributed by atoms with Crippen LogP contribution in [0, 0.1) is 6.92 Å². The zero-order valence-electron chi connectivity index (χ0n) is 11.4. The first-order chi connectivity index (χ1) is 8.99. The van der Waals surface area contributed by atoms with Gasteiger partial charge in [0.15, 0.2) is 5.76 Å². The summed E-state index contributed by atoms with van der Waals surface area (Å²) < 4.78 is 5.59. The van der Waals surface area contributed by atoms with E-state index in [0.29, 0.717) is 17.8 Å². The molecule has 1 aromatic heterocycles. The summed E-state index contributed by atoms with van der Waals surface area (Å²) in [7, 11) is 0. The van der Waals surface area contributed by atoms with Gasteiger partial charge in [0.1, 0.15) is 5.58 Å². The molecule has 2 rings (SSSR count). The summed E-state index contributed by atoms with van der Waals surface area (Å²) in [5.74, 6) is 0.112. The van der Waals surface area contributed by atoms with Gasteiger partial charge < -0.3 is 14.8 Å². The van der Waals surface area contributed by atoms with Gasteiger partial charge in [0.05, 0.1) is 6.10 Å². The fraction of sp³-hybridized carbons (Fsp3) is 0.400. The summed E-state index contributed by atoms with van der Waals surface area (Å²) in [6, 6.07) is 7.48. The molecule has 2 N–H and O–H groups in total. The lowest BCUT2D eigenvalue weighted by atomic mass is 10.1. The summed E-state index contributed by atoms with van der Waals surface area (Å²) in [6.45, 7) is 5.44. The molecule has 4 nitrogen and oxygen atoms in total. The number of aliphatic hydroxyl groups excluding tert-OH is 1. The molecule has 0 saturated heterocycles. The fourth-order valence-corrected chi connectivity index (χ4v) is 2.25. The number of furan rings is 1. The summed E-state index contributed by atoms with van der Waals surface area (Å²) in [5.41, 5.74) is 1.56. The van der Waals surface area contributed by atoms with Gasteiger partial charge >= 0.3 is 0 Å². The third kappa shape index (κ3) is 2.96. The number of hydrogen-bond donors (Lipinski definition) is 2. The maximum Gasteiger partial charge on any atom is 0.287 e. The van der Waals surface area contributed by atoms with Crippen molar-refractivity contribution >= 4 is 16.9 Å². The van der Waals surface area contributed by atoms with Crippen LogP contribution in [-0.2, 0) is 0 Å². The number of nitrogens with one attached hydrogen (secondary N) is 1. The van der Waals surface area contributed by atoms with Gasteiger partial charge in [0.25, 0.3) is 5.91 Å². The minimum absolute atomic E-state index is 0.0971. The second kappa shape index (κ2) is 5.45. The van der Waals surface area contributed by atoms with Crippen LogP contribution in [0.1, 0.15) is 36.4 Å². The highest BCUT2D eigenvalue weighted by molar-refractivity contribution is 5.98. The normalized spacial score (nSPS) is 14.3. The Labute approximate surface area is 112 Å². The molecule has 2 unspecified atom stereocenters. The van der Waals surface area contributed by atoms with E-state index in [-0.39, 0.29) is 11.9 Å². The van der Waals surface area contributed by atoms with Crippen molar-refractivity contribution in [3.63, 3.8) is 0 Å². The van der Waals surface area contributed by atoms with Crippen molar-refractivity contribution in [3.8, 4) is 0 Å². The number of para-hydroxylation sites is 1. The zero-order chi connectivity index (χ0) is 14.0.